The molecular formula is C9H16O. The van der Waals surface area contributed by atoms with Gasteiger partial charge in [-0.05, 0) is 12.3 Å². The highest BCUT2D eigenvalue weighted by Crippen LogP contribution is 2.07. The molecule has 0 aromatic heterocycles. The van der Waals surface area contributed by atoms with Crippen molar-refractivity contribution < 1.29 is 5.48 Å². The standard InChI is InChI=1S/C7H9.C2H6.HO/c1-7-5-3-2-4-6-7;1-2;/h2-7H,1H3;1-2H3;1H. The summed E-state index contributed by atoms with van der Waals surface area (Å²) in [5, 5.41) is 0. The predicted molar refractivity (Wildman–Crippen MR) is 45.0 cm³/mol. The minimum atomic E-state index is 0. The largest absolute Gasteiger partial charge is 0.255 e. The average Bonchev–Trinajstić information content (AvgIpc) is 1.94. The zero-order valence-corrected chi connectivity index (χ0v) is 6.91. The van der Waals surface area contributed by atoms with Crippen molar-refractivity contribution >= 4 is 0 Å². The van der Waals surface area contributed by atoms with Gasteiger partial charge in [-0.3, -0.25) is 5.48 Å². The first-order valence-electron chi connectivity index (χ1n) is 3.58. The Morgan fingerprint density at radius 1 is 1.00 bits per heavy atom. The van der Waals surface area contributed by atoms with Crippen LogP contribution in [0.4, 0.5) is 0 Å². The molecule has 0 aromatic rings. The summed E-state index contributed by atoms with van der Waals surface area (Å²) in [6.07, 6.45) is 10.5. The van der Waals surface area contributed by atoms with Crippen LogP contribution in [0, 0.1) is 12.3 Å². The van der Waals surface area contributed by atoms with Gasteiger partial charge >= 0.3 is 0 Å². The molecule has 1 heteroatoms. The molecule has 1 atom stereocenters. The lowest BCUT2D eigenvalue weighted by Crippen LogP contribution is -1.88. The van der Waals surface area contributed by atoms with E-state index in [0.29, 0.717) is 5.92 Å². The minimum Gasteiger partial charge on any atom is -0.255 e. The van der Waals surface area contributed by atoms with Crippen molar-refractivity contribution in [2.45, 2.75) is 20.8 Å². The molecule has 0 bridgehead atoms. The molecule has 1 nitrogen and oxygen atoms in total. The molecule has 0 amide bonds. The fourth-order valence-corrected chi connectivity index (χ4v) is 0.607. The monoisotopic (exact) mass is 140 g/mol. The normalized spacial score (nSPS) is 20.5. The van der Waals surface area contributed by atoms with Gasteiger partial charge in [-0.2, -0.15) is 0 Å². The quantitative estimate of drug-likeness (QED) is 0.536. The third kappa shape index (κ3) is 5.57. The minimum absolute atomic E-state index is 0. The number of hydrogen-bond acceptors (Lipinski definition) is 0. The predicted octanol–water partition coefficient (Wildman–Crippen LogP) is 2.80. The molecule has 1 unspecified atom stereocenters. The van der Waals surface area contributed by atoms with Crippen LogP contribution in [0.5, 0.6) is 0 Å². The molecule has 0 fully saturated rings. The molecule has 0 spiro atoms. The first kappa shape index (κ1) is 12.1. The van der Waals surface area contributed by atoms with Crippen LogP contribution in [0.3, 0.4) is 0 Å². The topological polar surface area (TPSA) is 30.0 Å². The van der Waals surface area contributed by atoms with E-state index < -0.39 is 0 Å². The van der Waals surface area contributed by atoms with Crippen molar-refractivity contribution in [3.8, 4) is 0 Å². The van der Waals surface area contributed by atoms with E-state index >= 15 is 0 Å². The molecule has 1 rings (SSSR count). The second-order valence-electron chi connectivity index (χ2n) is 1.82. The molecule has 58 valence electrons. The van der Waals surface area contributed by atoms with E-state index in [1.165, 1.54) is 0 Å². The molecule has 0 saturated heterocycles. The van der Waals surface area contributed by atoms with Crippen molar-refractivity contribution in [2.75, 3.05) is 0 Å². The number of hydrogen-bond donors (Lipinski definition) is 1. The van der Waals surface area contributed by atoms with Crippen LogP contribution in [-0.4, -0.2) is 5.48 Å². The van der Waals surface area contributed by atoms with Crippen LogP contribution in [0.1, 0.15) is 20.8 Å². The molecular weight excluding hydrogens is 124 g/mol. The Morgan fingerprint density at radius 3 is 1.80 bits per heavy atom. The van der Waals surface area contributed by atoms with Crippen LogP contribution in [0.15, 0.2) is 24.3 Å². The Bertz CT molecular complexity index is 103. The van der Waals surface area contributed by atoms with Gasteiger partial charge in [0.2, 0.25) is 0 Å². The van der Waals surface area contributed by atoms with Gasteiger partial charge in [0.15, 0.2) is 0 Å². The maximum absolute atomic E-state index is 2.17. The zero-order chi connectivity index (χ0) is 7.11. The highest BCUT2D eigenvalue weighted by molar-refractivity contribution is 5.17. The van der Waals surface area contributed by atoms with E-state index in [2.05, 4.69) is 31.6 Å². The van der Waals surface area contributed by atoms with Crippen LogP contribution < -0.4 is 0 Å². The van der Waals surface area contributed by atoms with Crippen LogP contribution in [-0.2, 0) is 0 Å². The summed E-state index contributed by atoms with van der Waals surface area (Å²) in [4.78, 5) is 0. The van der Waals surface area contributed by atoms with E-state index in [1.54, 1.807) is 0 Å². The highest BCUT2D eigenvalue weighted by atomic mass is 16.0. The molecule has 1 N–H and O–H groups in total. The summed E-state index contributed by atoms with van der Waals surface area (Å²) in [6, 6.07) is 0. The Balaban J connectivity index is 0. The average molecular weight is 140 g/mol. The first-order valence-corrected chi connectivity index (χ1v) is 3.58. The van der Waals surface area contributed by atoms with Gasteiger partial charge in [-0.15, -0.1) is 0 Å². The van der Waals surface area contributed by atoms with Gasteiger partial charge in [-0.25, -0.2) is 0 Å². The summed E-state index contributed by atoms with van der Waals surface area (Å²) in [6.45, 7) is 6.17. The van der Waals surface area contributed by atoms with Crippen molar-refractivity contribution in [2.24, 2.45) is 5.92 Å². The molecule has 0 heterocycles. The zero-order valence-electron chi connectivity index (χ0n) is 6.91. The molecule has 2 radical (unpaired) electrons. The molecule has 0 aromatic carbocycles. The molecule has 1 aliphatic carbocycles. The lowest BCUT2D eigenvalue weighted by molar-refractivity contribution is 0.824. The second kappa shape index (κ2) is 8.44. The van der Waals surface area contributed by atoms with Gasteiger partial charge < -0.3 is 0 Å². The van der Waals surface area contributed by atoms with E-state index in [4.69, 9.17) is 0 Å². The lowest BCUT2D eigenvalue weighted by atomic mass is 10.0. The molecule has 10 heavy (non-hydrogen) atoms. The fraction of sp³-hybridized carbons (Fsp3) is 0.444. The van der Waals surface area contributed by atoms with Crippen LogP contribution in [0.25, 0.3) is 0 Å². The van der Waals surface area contributed by atoms with Crippen molar-refractivity contribution in [3.05, 3.63) is 30.7 Å². The fourth-order valence-electron chi connectivity index (χ4n) is 0.607. The maximum Gasteiger partial charge on any atom is -0.0101 e. The van der Waals surface area contributed by atoms with E-state index in [0.717, 1.165) is 0 Å². The van der Waals surface area contributed by atoms with Gasteiger partial charge in [0.1, 0.15) is 0 Å². The summed E-state index contributed by atoms with van der Waals surface area (Å²) in [7, 11) is 0. The van der Waals surface area contributed by atoms with Crippen molar-refractivity contribution in [1.29, 1.82) is 0 Å². The third-order valence-electron chi connectivity index (χ3n) is 1.05. The Morgan fingerprint density at radius 2 is 1.60 bits per heavy atom. The van der Waals surface area contributed by atoms with Crippen molar-refractivity contribution in [3.63, 3.8) is 0 Å². The summed E-state index contributed by atoms with van der Waals surface area (Å²) >= 11 is 0. The Kier molecular flexibility index (Phi) is 10.3. The van der Waals surface area contributed by atoms with Gasteiger partial charge in [0, 0.05) is 0 Å². The Hall–Kier alpha value is -0.560. The first-order chi connectivity index (χ1) is 4.39. The molecule has 0 saturated carbocycles. The summed E-state index contributed by atoms with van der Waals surface area (Å²) < 4.78 is 0. The number of allylic oxidation sites excluding steroid dienone is 4. The van der Waals surface area contributed by atoms with E-state index in [-0.39, 0.29) is 5.48 Å². The lowest BCUT2D eigenvalue weighted by Gasteiger charge is -2.01. The van der Waals surface area contributed by atoms with E-state index in [1.807, 2.05) is 19.9 Å². The smallest absolute Gasteiger partial charge is 0.0101 e. The van der Waals surface area contributed by atoms with E-state index in [9.17, 15) is 0 Å². The number of rotatable bonds is 0. The highest BCUT2D eigenvalue weighted by Gasteiger charge is 1.93. The van der Waals surface area contributed by atoms with Crippen molar-refractivity contribution in [1.82, 2.24) is 0 Å². The maximum atomic E-state index is 2.17. The molecule has 0 aliphatic heterocycles. The van der Waals surface area contributed by atoms with Crippen LogP contribution >= 0.6 is 0 Å². The SMILES string of the molecule is CC.CC1[CH]C=CC=C1.[OH]. The summed E-state index contributed by atoms with van der Waals surface area (Å²) in [5.74, 6) is 0.644. The third-order valence-corrected chi connectivity index (χ3v) is 1.05. The van der Waals surface area contributed by atoms with Crippen LogP contribution in [0.2, 0.25) is 0 Å². The second-order valence-corrected chi connectivity index (χ2v) is 1.82. The summed E-state index contributed by atoms with van der Waals surface area (Å²) in [5.41, 5.74) is 0. The Labute approximate surface area is 63.8 Å². The van der Waals surface area contributed by atoms with Gasteiger partial charge in [0.25, 0.3) is 0 Å². The van der Waals surface area contributed by atoms with Gasteiger partial charge in [0.05, 0.1) is 0 Å². The molecule has 1 aliphatic rings. The van der Waals surface area contributed by atoms with Gasteiger partial charge in [-0.1, -0.05) is 45.1 Å².